The molecular formula is C19H20N2O5S. The Labute approximate surface area is 157 Å². The SMILES string of the molecule is O=C(O)c1cccc(C(=O)Nc2cccc(S(=O)(=O)N3CCCCC3)c2)c1. The minimum Gasteiger partial charge on any atom is -0.478 e. The minimum atomic E-state index is -3.60. The van der Waals surface area contributed by atoms with E-state index < -0.39 is 21.9 Å². The first kappa shape index (κ1) is 19.1. The van der Waals surface area contributed by atoms with Crippen LogP contribution in [0.4, 0.5) is 5.69 Å². The third kappa shape index (κ3) is 4.35. The number of anilines is 1. The zero-order chi connectivity index (χ0) is 19.4. The molecule has 0 aromatic heterocycles. The Kier molecular flexibility index (Phi) is 5.57. The number of aromatic carboxylic acids is 1. The van der Waals surface area contributed by atoms with Gasteiger partial charge in [0.1, 0.15) is 0 Å². The zero-order valence-corrected chi connectivity index (χ0v) is 15.4. The maximum atomic E-state index is 12.8. The van der Waals surface area contributed by atoms with Crippen molar-refractivity contribution in [2.24, 2.45) is 0 Å². The van der Waals surface area contributed by atoms with E-state index in [4.69, 9.17) is 5.11 Å². The Balaban J connectivity index is 1.80. The lowest BCUT2D eigenvalue weighted by molar-refractivity contribution is 0.0697. The lowest BCUT2D eigenvalue weighted by Crippen LogP contribution is -2.35. The average molecular weight is 388 g/mol. The quantitative estimate of drug-likeness (QED) is 0.820. The van der Waals surface area contributed by atoms with E-state index >= 15 is 0 Å². The van der Waals surface area contributed by atoms with E-state index in [-0.39, 0.29) is 16.0 Å². The van der Waals surface area contributed by atoms with Gasteiger partial charge in [-0.15, -0.1) is 0 Å². The van der Waals surface area contributed by atoms with Crippen molar-refractivity contribution in [2.45, 2.75) is 24.2 Å². The normalized spacial score (nSPS) is 15.3. The van der Waals surface area contributed by atoms with Gasteiger partial charge in [0.15, 0.2) is 0 Å². The molecule has 1 aliphatic heterocycles. The summed E-state index contributed by atoms with van der Waals surface area (Å²) in [5.41, 5.74) is 0.516. The van der Waals surface area contributed by atoms with Crippen molar-refractivity contribution >= 4 is 27.6 Å². The first-order valence-electron chi connectivity index (χ1n) is 8.63. The molecule has 8 heteroatoms. The number of carboxylic acid groups (broad SMARTS) is 1. The summed E-state index contributed by atoms with van der Waals surface area (Å²) >= 11 is 0. The summed E-state index contributed by atoms with van der Waals surface area (Å²) in [7, 11) is -3.60. The van der Waals surface area contributed by atoms with Crippen LogP contribution in [0.25, 0.3) is 0 Å². The highest BCUT2D eigenvalue weighted by atomic mass is 32.2. The number of benzene rings is 2. The van der Waals surface area contributed by atoms with E-state index in [0.717, 1.165) is 19.3 Å². The number of amides is 1. The summed E-state index contributed by atoms with van der Waals surface area (Å²) in [6.07, 6.45) is 2.71. The van der Waals surface area contributed by atoms with Crippen molar-refractivity contribution in [3.8, 4) is 0 Å². The number of rotatable bonds is 5. The molecule has 0 spiro atoms. The molecule has 1 aliphatic rings. The minimum absolute atomic E-state index is 0.00377. The highest BCUT2D eigenvalue weighted by Gasteiger charge is 2.26. The van der Waals surface area contributed by atoms with Crippen LogP contribution in [0.15, 0.2) is 53.4 Å². The van der Waals surface area contributed by atoms with Gasteiger partial charge in [0, 0.05) is 24.3 Å². The second kappa shape index (κ2) is 7.89. The van der Waals surface area contributed by atoms with Crippen molar-refractivity contribution in [1.29, 1.82) is 0 Å². The number of piperidine rings is 1. The molecule has 2 N–H and O–H groups in total. The molecule has 0 saturated carbocycles. The standard InChI is InChI=1S/C19H20N2O5S/c22-18(14-6-4-7-15(12-14)19(23)24)20-16-8-5-9-17(13-16)27(25,26)21-10-2-1-3-11-21/h4-9,12-13H,1-3,10-11H2,(H,20,22)(H,23,24). The Morgan fingerprint density at radius 2 is 1.59 bits per heavy atom. The maximum Gasteiger partial charge on any atom is 0.335 e. The lowest BCUT2D eigenvalue weighted by Gasteiger charge is -2.26. The molecule has 1 fully saturated rings. The van der Waals surface area contributed by atoms with Gasteiger partial charge in [-0.2, -0.15) is 4.31 Å². The van der Waals surface area contributed by atoms with Gasteiger partial charge in [0.2, 0.25) is 10.0 Å². The van der Waals surface area contributed by atoms with Crippen LogP contribution in [0.2, 0.25) is 0 Å². The van der Waals surface area contributed by atoms with Gasteiger partial charge in [-0.1, -0.05) is 18.6 Å². The van der Waals surface area contributed by atoms with Crippen LogP contribution in [-0.2, 0) is 10.0 Å². The summed E-state index contributed by atoms with van der Waals surface area (Å²) in [6.45, 7) is 1.00. The second-order valence-corrected chi connectivity index (χ2v) is 8.27. The van der Waals surface area contributed by atoms with Crippen molar-refractivity contribution in [3.05, 3.63) is 59.7 Å². The van der Waals surface area contributed by atoms with Crippen molar-refractivity contribution in [2.75, 3.05) is 18.4 Å². The highest BCUT2D eigenvalue weighted by Crippen LogP contribution is 2.23. The molecular weight excluding hydrogens is 368 g/mol. The molecule has 0 atom stereocenters. The fourth-order valence-corrected chi connectivity index (χ4v) is 4.55. The van der Waals surface area contributed by atoms with Crippen LogP contribution in [0.1, 0.15) is 40.0 Å². The summed E-state index contributed by atoms with van der Waals surface area (Å²) in [5.74, 6) is -1.63. The van der Waals surface area contributed by atoms with Crippen LogP contribution in [-0.4, -0.2) is 42.8 Å². The smallest absolute Gasteiger partial charge is 0.335 e. The maximum absolute atomic E-state index is 12.8. The van der Waals surface area contributed by atoms with Gasteiger partial charge >= 0.3 is 5.97 Å². The monoisotopic (exact) mass is 388 g/mol. The van der Waals surface area contributed by atoms with E-state index in [2.05, 4.69) is 5.32 Å². The number of carbonyl (C=O) groups excluding carboxylic acids is 1. The van der Waals surface area contributed by atoms with Gasteiger partial charge < -0.3 is 10.4 Å². The largest absolute Gasteiger partial charge is 0.478 e. The number of nitrogens with zero attached hydrogens (tertiary/aromatic N) is 1. The number of carboxylic acids is 1. The molecule has 142 valence electrons. The molecule has 2 aromatic rings. The first-order valence-corrected chi connectivity index (χ1v) is 10.1. The molecule has 2 aromatic carbocycles. The van der Waals surface area contributed by atoms with Crippen LogP contribution in [0.3, 0.4) is 0 Å². The molecule has 1 heterocycles. The Morgan fingerprint density at radius 3 is 2.30 bits per heavy atom. The third-order valence-electron chi connectivity index (χ3n) is 4.42. The van der Waals surface area contributed by atoms with Crippen molar-refractivity contribution in [1.82, 2.24) is 4.31 Å². The van der Waals surface area contributed by atoms with Gasteiger partial charge in [0.25, 0.3) is 5.91 Å². The molecule has 1 saturated heterocycles. The lowest BCUT2D eigenvalue weighted by atomic mass is 10.1. The fraction of sp³-hybridized carbons (Fsp3) is 0.263. The summed E-state index contributed by atoms with van der Waals surface area (Å²) in [5, 5.41) is 11.7. The van der Waals surface area contributed by atoms with Gasteiger partial charge in [0.05, 0.1) is 10.5 Å². The zero-order valence-electron chi connectivity index (χ0n) is 14.6. The molecule has 0 radical (unpaired) electrons. The number of sulfonamides is 1. The number of nitrogens with one attached hydrogen (secondary N) is 1. The highest BCUT2D eigenvalue weighted by molar-refractivity contribution is 7.89. The van der Waals surface area contributed by atoms with E-state index in [1.807, 2.05) is 0 Å². The van der Waals surface area contributed by atoms with Crippen LogP contribution in [0.5, 0.6) is 0 Å². The van der Waals surface area contributed by atoms with Gasteiger partial charge in [-0.3, -0.25) is 4.79 Å². The first-order chi connectivity index (χ1) is 12.9. The average Bonchev–Trinajstić information content (AvgIpc) is 2.69. The molecule has 0 unspecified atom stereocenters. The summed E-state index contributed by atoms with van der Waals surface area (Å²) < 4.78 is 27.0. The van der Waals surface area contributed by atoms with Gasteiger partial charge in [-0.05, 0) is 49.2 Å². The molecule has 3 rings (SSSR count). The Hall–Kier alpha value is -2.71. The van der Waals surface area contributed by atoms with Gasteiger partial charge in [-0.25, -0.2) is 13.2 Å². The number of hydrogen-bond donors (Lipinski definition) is 2. The third-order valence-corrected chi connectivity index (χ3v) is 6.31. The summed E-state index contributed by atoms with van der Waals surface area (Å²) in [4.78, 5) is 23.6. The van der Waals surface area contributed by atoms with Crippen LogP contribution >= 0.6 is 0 Å². The van der Waals surface area contributed by atoms with Crippen LogP contribution < -0.4 is 5.32 Å². The Bertz CT molecular complexity index is 966. The van der Waals surface area contributed by atoms with Crippen LogP contribution in [0, 0.1) is 0 Å². The molecule has 1 amide bonds. The predicted octanol–water partition coefficient (Wildman–Crippen LogP) is 2.81. The number of carbonyl (C=O) groups is 2. The number of hydrogen-bond acceptors (Lipinski definition) is 4. The fourth-order valence-electron chi connectivity index (χ4n) is 2.99. The Morgan fingerprint density at radius 1 is 0.926 bits per heavy atom. The molecule has 27 heavy (non-hydrogen) atoms. The van der Waals surface area contributed by atoms with E-state index in [0.29, 0.717) is 18.8 Å². The second-order valence-electron chi connectivity index (χ2n) is 6.33. The van der Waals surface area contributed by atoms with E-state index in [1.54, 1.807) is 12.1 Å². The summed E-state index contributed by atoms with van der Waals surface area (Å²) in [6, 6.07) is 11.7. The molecule has 7 nitrogen and oxygen atoms in total. The predicted molar refractivity (Wildman–Crippen MR) is 100 cm³/mol. The van der Waals surface area contributed by atoms with E-state index in [9.17, 15) is 18.0 Å². The van der Waals surface area contributed by atoms with E-state index in [1.165, 1.54) is 40.7 Å². The van der Waals surface area contributed by atoms with Crippen molar-refractivity contribution in [3.63, 3.8) is 0 Å². The molecule has 0 aliphatic carbocycles. The van der Waals surface area contributed by atoms with Crippen molar-refractivity contribution < 1.29 is 23.1 Å². The molecule has 0 bridgehead atoms. The topological polar surface area (TPSA) is 104 Å².